The van der Waals surface area contributed by atoms with Gasteiger partial charge < -0.3 is 16.0 Å². The van der Waals surface area contributed by atoms with Crippen molar-refractivity contribution in [3.8, 4) is 0 Å². The summed E-state index contributed by atoms with van der Waals surface area (Å²) in [5.74, 6) is -0.0260. The SMILES string of the molecule is CN1CCN(C)C(CNC(=O)c2cccc(CN)c2)C1. The highest BCUT2D eigenvalue weighted by Crippen LogP contribution is 2.07. The van der Waals surface area contributed by atoms with Gasteiger partial charge in [0.05, 0.1) is 0 Å². The van der Waals surface area contributed by atoms with Crippen molar-refractivity contribution in [2.24, 2.45) is 5.73 Å². The van der Waals surface area contributed by atoms with Gasteiger partial charge in [-0.15, -0.1) is 0 Å². The quantitative estimate of drug-likeness (QED) is 0.820. The van der Waals surface area contributed by atoms with Crippen LogP contribution >= 0.6 is 0 Å². The monoisotopic (exact) mass is 276 g/mol. The van der Waals surface area contributed by atoms with E-state index in [0.717, 1.165) is 25.2 Å². The molecule has 0 radical (unpaired) electrons. The van der Waals surface area contributed by atoms with E-state index in [-0.39, 0.29) is 5.91 Å². The van der Waals surface area contributed by atoms with Gasteiger partial charge >= 0.3 is 0 Å². The largest absolute Gasteiger partial charge is 0.350 e. The van der Waals surface area contributed by atoms with Crippen LogP contribution in [0.1, 0.15) is 15.9 Å². The van der Waals surface area contributed by atoms with E-state index in [1.807, 2.05) is 24.3 Å². The number of hydrogen-bond acceptors (Lipinski definition) is 4. The highest BCUT2D eigenvalue weighted by atomic mass is 16.1. The molecule has 5 nitrogen and oxygen atoms in total. The Bertz CT molecular complexity index is 463. The van der Waals surface area contributed by atoms with E-state index in [2.05, 4.69) is 29.2 Å². The van der Waals surface area contributed by atoms with Crippen molar-refractivity contribution in [2.45, 2.75) is 12.6 Å². The first-order valence-corrected chi connectivity index (χ1v) is 7.06. The summed E-state index contributed by atoms with van der Waals surface area (Å²) in [5.41, 5.74) is 7.26. The van der Waals surface area contributed by atoms with Gasteiger partial charge in [0.2, 0.25) is 0 Å². The minimum Gasteiger partial charge on any atom is -0.350 e. The van der Waals surface area contributed by atoms with Crippen molar-refractivity contribution in [2.75, 3.05) is 40.3 Å². The second-order valence-electron chi connectivity index (χ2n) is 5.51. The summed E-state index contributed by atoms with van der Waals surface area (Å²) >= 11 is 0. The number of carbonyl (C=O) groups excluding carboxylic acids is 1. The van der Waals surface area contributed by atoms with Crippen molar-refractivity contribution in [1.29, 1.82) is 0 Å². The standard InChI is InChI=1S/C15H24N4O/c1-18-6-7-19(2)14(11-18)10-17-15(20)13-5-3-4-12(8-13)9-16/h3-5,8,14H,6-7,9-11,16H2,1-2H3,(H,17,20). The number of likely N-dealkylation sites (N-methyl/N-ethyl adjacent to an activating group) is 2. The Balaban J connectivity index is 1.91. The topological polar surface area (TPSA) is 61.6 Å². The third kappa shape index (κ3) is 3.79. The number of amides is 1. The molecule has 0 bridgehead atoms. The third-order valence-corrected chi connectivity index (χ3v) is 3.90. The van der Waals surface area contributed by atoms with Gasteiger partial charge in [0.1, 0.15) is 0 Å². The highest BCUT2D eigenvalue weighted by molar-refractivity contribution is 5.94. The number of rotatable bonds is 4. The molecule has 1 aromatic carbocycles. The molecule has 110 valence electrons. The Kier molecular flexibility index (Phi) is 5.11. The van der Waals surface area contributed by atoms with Crippen molar-refractivity contribution >= 4 is 5.91 Å². The molecule has 1 aliphatic rings. The second-order valence-corrected chi connectivity index (χ2v) is 5.51. The molecule has 1 aromatic rings. The van der Waals surface area contributed by atoms with E-state index >= 15 is 0 Å². The minimum absolute atomic E-state index is 0.0260. The number of benzene rings is 1. The molecule has 1 atom stereocenters. The van der Waals surface area contributed by atoms with Crippen LogP contribution in [0, 0.1) is 0 Å². The first-order chi connectivity index (χ1) is 9.60. The van der Waals surface area contributed by atoms with Crippen LogP contribution in [-0.4, -0.2) is 62.0 Å². The lowest BCUT2D eigenvalue weighted by atomic mass is 10.1. The van der Waals surface area contributed by atoms with Crippen molar-refractivity contribution in [1.82, 2.24) is 15.1 Å². The first kappa shape index (κ1) is 15.0. The zero-order valence-corrected chi connectivity index (χ0v) is 12.3. The lowest BCUT2D eigenvalue weighted by Crippen LogP contribution is -2.54. The first-order valence-electron chi connectivity index (χ1n) is 7.06. The summed E-state index contributed by atoms with van der Waals surface area (Å²) in [6, 6.07) is 7.85. The fourth-order valence-electron chi connectivity index (χ4n) is 2.47. The van der Waals surface area contributed by atoms with Gasteiger partial charge in [-0.1, -0.05) is 12.1 Å². The number of hydrogen-bond donors (Lipinski definition) is 2. The number of carbonyl (C=O) groups is 1. The summed E-state index contributed by atoms with van der Waals surface area (Å²) in [7, 11) is 4.23. The number of nitrogens with zero attached hydrogens (tertiary/aromatic N) is 2. The summed E-state index contributed by atoms with van der Waals surface area (Å²) in [6.45, 7) is 4.24. The van der Waals surface area contributed by atoms with Crippen LogP contribution in [-0.2, 0) is 6.54 Å². The molecule has 0 aromatic heterocycles. The summed E-state index contributed by atoms with van der Waals surface area (Å²) in [6.07, 6.45) is 0. The molecule has 1 heterocycles. The Morgan fingerprint density at radius 2 is 2.20 bits per heavy atom. The van der Waals surface area contributed by atoms with Gasteiger partial charge in [0.15, 0.2) is 0 Å². The van der Waals surface area contributed by atoms with Gasteiger partial charge in [0.25, 0.3) is 5.91 Å². The van der Waals surface area contributed by atoms with E-state index in [9.17, 15) is 4.79 Å². The molecular weight excluding hydrogens is 252 g/mol. The maximum absolute atomic E-state index is 12.2. The maximum atomic E-state index is 12.2. The van der Waals surface area contributed by atoms with Crippen LogP contribution in [0.15, 0.2) is 24.3 Å². The zero-order chi connectivity index (χ0) is 14.5. The van der Waals surface area contributed by atoms with Gasteiger partial charge in [-0.2, -0.15) is 0 Å². The van der Waals surface area contributed by atoms with Gasteiger partial charge in [-0.3, -0.25) is 9.69 Å². The predicted octanol–water partition coefficient (Wildman–Crippen LogP) is 0.121. The minimum atomic E-state index is -0.0260. The van der Waals surface area contributed by atoms with E-state index < -0.39 is 0 Å². The lowest BCUT2D eigenvalue weighted by molar-refractivity contribution is 0.0881. The molecule has 3 N–H and O–H groups in total. The Morgan fingerprint density at radius 3 is 2.95 bits per heavy atom. The number of nitrogens with two attached hydrogens (primary N) is 1. The Morgan fingerprint density at radius 1 is 1.40 bits per heavy atom. The van der Waals surface area contributed by atoms with Crippen molar-refractivity contribution in [3.63, 3.8) is 0 Å². The highest BCUT2D eigenvalue weighted by Gasteiger charge is 2.22. The van der Waals surface area contributed by atoms with Gasteiger partial charge in [-0.05, 0) is 31.8 Å². The fourth-order valence-corrected chi connectivity index (χ4v) is 2.47. The van der Waals surface area contributed by atoms with Crippen molar-refractivity contribution in [3.05, 3.63) is 35.4 Å². The average molecular weight is 276 g/mol. The lowest BCUT2D eigenvalue weighted by Gasteiger charge is -2.37. The number of nitrogens with one attached hydrogen (secondary N) is 1. The molecule has 1 amide bonds. The van der Waals surface area contributed by atoms with E-state index in [4.69, 9.17) is 5.73 Å². The third-order valence-electron chi connectivity index (χ3n) is 3.90. The molecule has 0 saturated carbocycles. The average Bonchev–Trinajstić information content (AvgIpc) is 2.48. The Labute approximate surface area is 120 Å². The van der Waals surface area contributed by atoms with E-state index in [0.29, 0.717) is 24.7 Å². The molecule has 1 unspecified atom stereocenters. The molecule has 1 aliphatic heterocycles. The van der Waals surface area contributed by atoms with Crippen LogP contribution in [0.4, 0.5) is 0 Å². The van der Waals surface area contributed by atoms with Crippen LogP contribution in [0.5, 0.6) is 0 Å². The van der Waals surface area contributed by atoms with Crippen LogP contribution in [0.3, 0.4) is 0 Å². The maximum Gasteiger partial charge on any atom is 0.251 e. The normalized spacial score (nSPS) is 20.9. The van der Waals surface area contributed by atoms with E-state index in [1.54, 1.807) is 0 Å². The zero-order valence-electron chi connectivity index (χ0n) is 12.3. The summed E-state index contributed by atoms with van der Waals surface area (Å²) in [4.78, 5) is 16.8. The van der Waals surface area contributed by atoms with Gasteiger partial charge in [-0.25, -0.2) is 0 Å². The van der Waals surface area contributed by atoms with Crippen LogP contribution in [0.2, 0.25) is 0 Å². The predicted molar refractivity (Wildman–Crippen MR) is 80.6 cm³/mol. The van der Waals surface area contributed by atoms with Crippen LogP contribution < -0.4 is 11.1 Å². The summed E-state index contributed by atoms with van der Waals surface area (Å²) in [5, 5.41) is 3.02. The molecular formula is C15H24N4O. The number of piperazine rings is 1. The Hall–Kier alpha value is -1.43. The van der Waals surface area contributed by atoms with E-state index in [1.165, 1.54) is 0 Å². The molecule has 1 saturated heterocycles. The van der Waals surface area contributed by atoms with Gasteiger partial charge in [0, 0.05) is 44.3 Å². The molecule has 0 spiro atoms. The molecule has 2 rings (SSSR count). The molecule has 0 aliphatic carbocycles. The smallest absolute Gasteiger partial charge is 0.251 e. The fraction of sp³-hybridized carbons (Fsp3) is 0.533. The van der Waals surface area contributed by atoms with Crippen molar-refractivity contribution < 1.29 is 4.79 Å². The second kappa shape index (κ2) is 6.83. The molecule has 5 heteroatoms. The molecule has 20 heavy (non-hydrogen) atoms. The summed E-state index contributed by atoms with van der Waals surface area (Å²) < 4.78 is 0. The van der Waals surface area contributed by atoms with Crippen LogP contribution in [0.25, 0.3) is 0 Å². The molecule has 1 fully saturated rings.